The smallest absolute Gasteiger partial charge is 0.216 e. The number of hydrogen-bond donors (Lipinski definition) is 0. The molecule has 1 fully saturated rings. The molecule has 6 heteroatoms. The van der Waals surface area contributed by atoms with Crippen LogP contribution in [0.15, 0.2) is 42.5 Å². The van der Waals surface area contributed by atoms with Gasteiger partial charge >= 0.3 is 0 Å². The van der Waals surface area contributed by atoms with Crippen LogP contribution in [0.3, 0.4) is 0 Å². The molecule has 1 aliphatic heterocycles. The molecule has 0 amide bonds. The molecule has 6 nitrogen and oxygen atoms in total. The van der Waals surface area contributed by atoms with Crippen molar-refractivity contribution in [3.8, 4) is 17.5 Å². The van der Waals surface area contributed by atoms with E-state index in [-0.39, 0.29) is 0 Å². The van der Waals surface area contributed by atoms with Crippen LogP contribution >= 0.6 is 0 Å². The second-order valence-corrected chi connectivity index (χ2v) is 8.20. The van der Waals surface area contributed by atoms with Crippen molar-refractivity contribution in [2.45, 2.75) is 46.1 Å². The Morgan fingerprint density at radius 2 is 1.72 bits per heavy atom. The third kappa shape index (κ3) is 5.68. The van der Waals surface area contributed by atoms with Gasteiger partial charge in [0.2, 0.25) is 11.8 Å². The van der Waals surface area contributed by atoms with Crippen molar-refractivity contribution in [1.82, 2.24) is 9.97 Å². The first-order valence-electron chi connectivity index (χ1n) is 11.6. The molecule has 1 aliphatic rings. The molecule has 0 N–H and O–H groups in total. The lowest BCUT2D eigenvalue weighted by Gasteiger charge is -2.21. The first kappa shape index (κ1) is 22.3. The molecule has 1 saturated heterocycles. The molecule has 0 atom stereocenters. The van der Waals surface area contributed by atoms with Crippen molar-refractivity contribution in [2.24, 2.45) is 5.92 Å². The van der Waals surface area contributed by atoms with Crippen LogP contribution in [-0.2, 0) is 11.3 Å². The van der Waals surface area contributed by atoms with Crippen LogP contribution in [-0.4, -0.2) is 36.4 Å². The normalized spacial score (nSPS) is 14.4. The highest BCUT2D eigenvalue weighted by molar-refractivity contribution is 5.86. The van der Waals surface area contributed by atoms with E-state index in [1.807, 2.05) is 43.3 Å². The lowest BCUT2D eigenvalue weighted by molar-refractivity contribution is 0.0489. The van der Waals surface area contributed by atoms with Crippen LogP contribution in [0.1, 0.15) is 43.9 Å². The summed E-state index contributed by atoms with van der Waals surface area (Å²) >= 11 is 0. The van der Waals surface area contributed by atoms with Crippen LogP contribution < -0.4 is 14.2 Å². The molecule has 2 aromatic heterocycles. The summed E-state index contributed by atoms with van der Waals surface area (Å²) in [6, 6.07) is 13.7. The number of hydrogen-bond acceptors (Lipinski definition) is 6. The molecule has 0 aliphatic carbocycles. The fraction of sp³-hybridized carbons (Fsp3) is 0.462. The van der Waals surface area contributed by atoms with Crippen LogP contribution in [0.25, 0.3) is 10.9 Å². The number of fused-ring (bicyclic) bond motifs is 1. The summed E-state index contributed by atoms with van der Waals surface area (Å²) in [6.07, 6.45) is 4.18. The largest absolute Gasteiger partial charge is 0.493 e. The van der Waals surface area contributed by atoms with Gasteiger partial charge in [-0.15, -0.1) is 0 Å². The number of rotatable bonds is 10. The number of unbranched alkanes of at least 4 members (excludes halogenated alkanes) is 1. The van der Waals surface area contributed by atoms with Gasteiger partial charge in [-0.25, -0.2) is 4.98 Å². The van der Waals surface area contributed by atoms with E-state index in [9.17, 15) is 0 Å². The molecule has 0 radical (unpaired) electrons. The number of nitrogens with zero attached hydrogens (tertiary/aromatic N) is 2. The molecule has 0 bridgehead atoms. The predicted molar refractivity (Wildman–Crippen MR) is 124 cm³/mol. The van der Waals surface area contributed by atoms with E-state index >= 15 is 0 Å². The van der Waals surface area contributed by atoms with E-state index in [1.165, 1.54) is 0 Å². The summed E-state index contributed by atoms with van der Waals surface area (Å²) in [5.41, 5.74) is 2.77. The van der Waals surface area contributed by atoms with Gasteiger partial charge in [0.1, 0.15) is 12.4 Å². The Hall–Kier alpha value is -2.86. The van der Waals surface area contributed by atoms with Gasteiger partial charge < -0.3 is 18.9 Å². The Morgan fingerprint density at radius 3 is 2.53 bits per heavy atom. The maximum Gasteiger partial charge on any atom is 0.216 e. The van der Waals surface area contributed by atoms with Crippen molar-refractivity contribution >= 4 is 10.9 Å². The summed E-state index contributed by atoms with van der Waals surface area (Å²) in [5.74, 6) is 2.52. The molecule has 4 rings (SSSR count). The van der Waals surface area contributed by atoms with Gasteiger partial charge in [0.25, 0.3) is 0 Å². The number of pyridine rings is 2. The second kappa shape index (κ2) is 11.1. The van der Waals surface area contributed by atoms with E-state index < -0.39 is 0 Å². The fourth-order valence-electron chi connectivity index (χ4n) is 3.79. The molecule has 0 unspecified atom stereocenters. The zero-order chi connectivity index (χ0) is 22.2. The number of aromatic nitrogens is 2. The molecular weight excluding hydrogens is 404 g/mol. The number of ether oxygens (including phenoxy) is 4. The monoisotopic (exact) mass is 436 g/mol. The molecule has 32 heavy (non-hydrogen) atoms. The van der Waals surface area contributed by atoms with Crippen LogP contribution in [0.5, 0.6) is 17.5 Å². The lowest BCUT2D eigenvalue weighted by Crippen LogP contribution is -2.21. The fourth-order valence-corrected chi connectivity index (χ4v) is 3.79. The summed E-state index contributed by atoms with van der Waals surface area (Å²) in [6.45, 7) is 7.50. The highest BCUT2D eigenvalue weighted by Gasteiger charge is 2.16. The Labute approximate surface area is 189 Å². The van der Waals surface area contributed by atoms with Gasteiger partial charge in [0.05, 0.1) is 24.4 Å². The molecule has 3 aromatic rings. The van der Waals surface area contributed by atoms with Crippen molar-refractivity contribution in [2.75, 3.05) is 26.4 Å². The Kier molecular flexibility index (Phi) is 7.77. The minimum atomic E-state index is 0.317. The summed E-state index contributed by atoms with van der Waals surface area (Å²) in [7, 11) is 0. The molecule has 170 valence electrons. The SMILES string of the molecule is CCCCOc1c(C)c(COc2cccc(OCC3CCOCC3)n2)nc2ccccc12. The maximum absolute atomic E-state index is 6.15. The Bertz CT molecular complexity index is 1020. The molecule has 0 spiro atoms. The molecule has 3 heterocycles. The van der Waals surface area contributed by atoms with Gasteiger partial charge in [0.15, 0.2) is 0 Å². The van der Waals surface area contributed by atoms with E-state index in [0.29, 0.717) is 37.5 Å². The third-order valence-corrected chi connectivity index (χ3v) is 5.78. The van der Waals surface area contributed by atoms with Crippen molar-refractivity contribution in [1.29, 1.82) is 0 Å². The minimum Gasteiger partial charge on any atom is -0.493 e. The highest BCUT2D eigenvalue weighted by Crippen LogP contribution is 2.31. The predicted octanol–water partition coefficient (Wildman–Crippen LogP) is 5.50. The maximum atomic E-state index is 6.15. The van der Waals surface area contributed by atoms with Crippen LogP contribution in [0.2, 0.25) is 0 Å². The van der Waals surface area contributed by atoms with E-state index in [1.54, 1.807) is 0 Å². The number of benzene rings is 1. The zero-order valence-corrected chi connectivity index (χ0v) is 19.0. The topological polar surface area (TPSA) is 62.7 Å². The van der Waals surface area contributed by atoms with Crippen molar-refractivity contribution in [3.63, 3.8) is 0 Å². The quantitative estimate of drug-likeness (QED) is 0.391. The Balaban J connectivity index is 1.45. The number of para-hydroxylation sites is 1. The van der Waals surface area contributed by atoms with E-state index in [4.69, 9.17) is 23.9 Å². The van der Waals surface area contributed by atoms with Crippen molar-refractivity contribution in [3.05, 3.63) is 53.7 Å². The summed E-state index contributed by atoms with van der Waals surface area (Å²) < 4.78 is 23.5. The van der Waals surface area contributed by atoms with E-state index in [0.717, 1.165) is 66.8 Å². The average Bonchev–Trinajstić information content (AvgIpc) is 2.84. The van der Waals surface area contributed by atoms with Gasteiger partial charge in [-0.3, -0.25) is 0 Å². The molecule has 0 saturated carbocycles. The van der Waals surface area contributed by atoms with Crippen LogP contribution in [0, 0.1) is 12.8 Å². The third-order valence-electron chi connectivity index (χ3n) is 5.78. The lowest BCUT2D eigenvalue weighted by atomic mass is 10.0. The van der Waals surface area contributed by atoms with Gasteiger partial charge in [0, 0.05) is 36.3 Å². The minimum absolute atomic E-state index is 0.317. The zero-order valence-electron chi connectivity index (χ0n) is 19.0. The molecule has 1 aromatic carbocycles. The summed E-state index contributed by atoms with van der Waals surface area (Å²) in [5, 5.41) is 1.03. The van der Waals surface area contributed by atoms with Gasteiger partial charge in [-0.1, -0.05) is 31.5 Å². The highest BCUT2D eigenvalue weighted by atomic mass is 16.5. The van der Waals surface area contributed by atoms with Crippen LogP contribution in [0.4, 0.5) is 0 Å². The second-order valence-electron chi connectivity index (χ2n) is 8.20. The Morgan fingerprint density at radius 1 is 0.938 bits per heavy atom. The van der Waals surface area contributed by atoms with Crippen molar-refractivity contribution < 1.29 is 18.9 Å². The van der Waals surface area contributed by atoms with Gasteiger partial charge in [-0.05, 0) is 44.2 Å². The summed E-state index contributed by atoms with van der Waals surface area (Å²) in [4.78, 5) is 9.34. The average molecular weight is 437 g/mol. The van der Waals surface area contributed by atoms with Gasteiger partial charge in [-0.2, -0.15) is 4.98 Å². The first-order chi connectivity index (χ1) is 15.7. The molecular formula is C26H32N2O4. The van der Waals surface area contributed by atoms with E-state index in [2.05, 4.69) is 18.0 Å². The standard InChI is InChI=1S/C26H32N2O4/c1-3-4-14-30-26-19(2)23(27-22-9-6-5-8-21(22)26)18-32-25-11-7-10-24(28-25)31-17-20-12-15-29-16-13-20/h5-11,20H,3-4,12-18H2,1-2H3. The first-order valence-corrected chi connectivity index (χ1v) is 11.6.